The van der Waals surface area contributed by atoms with Crippen molar-refractivity contribution in [3.8, 4) is 0 Å². The van der Waals surface area contributed by atoms with Crippen LogP contribution >= 0.6 is 0 Å². The van der Waals surface area contributed by atoms with Gasteiger partial charge in [-0.05, 0) is 42.7 Å². The molecule has 0 aromatic heterocycles. The molecule has 2 aromatic carbocycles. The van der Waals surface area contributed by atoms with E-state index in [4.69, 9.17) is 0 Å². The lowest BCUT2D eigenvalue weighted by Gasteiger charge is -2.21. The lowest BCUT2D eigenvalue weighted by molar-refractivity contribution is -0.121. The maximum absolute atomic E-state index is 12.8. The highest BCUT2D eigenvalue weighted by Crippen LogP contribution is 2.25. The summed E-state index contributed by atoms with van der Waals surface area (Å²) in [5.41, 5.74) is 2.11. The van der Waals surface area contributed by atoms with Crippen LogP contribution in [0.2, 0.25) is 0 Å². The maximum Gasteiger partial charge on any atom is 0.272 e. The highest BCUT2D eigenvalue weighted by Gasteiger charge is 2.21. The molecule has 0 atom stereocenters. The quantitative estimate of drug-likeness (QED) is 0.626. The largest absolute Gasteiger partial charge is 0.326 e. The first-order valence-electron chi connectivity index (χ1n) is 10.3. The van der Waals surface area contributed by atoms with Gasteiger partial charge in [-0.2, -0.15) is 0 Å². The molecule has 0 aliphatic heterocycles. The van der Waals surface area contributed by atoms with Gasteiger partial charge in [0, 0.05) is 24.2 Å². The van der Waals surface area contributed by atoms with Crippen LogP contribution in [0.15, 0.2) is 60.3 Å². The summed E-state index contributed by atoms with van der Waals surface area (Å²) in [7, 11) is 0. The Labute approximate surface area is 176 Å². The van der Waals surface area contributed by atoms with Crippen LogP contribution < -0.4 is 16.0 Å². The van der Waals surface area contributed by atoms with Crippen molar-refractivity contribution in [1.82, 2.24) is 5.32 Å². The second-order valence-corrected chi connectivity index (χ2v) is 7.51. The van der Waals surface area contributed by atoms with E-state index in [0.29, 0.717) is 11.4 Å². The number of anilines is 2. The van der Waals surface area contributed by atoms with Crippen molar-refractivity contribution < 1.29 is 14.4 Å². The van der Waals surface area contributed by atoms with Gasteiger partial charge in [-0.1, -0.05) is 55.7 Å². The third-order valence-electron chi connectivity index (χ3n) is 5.03. The molecule has 3 rings (SSSR count). The zero-order valence-electron chi connectivity index (χ0n) is 17.1. The van der Waals surface area contributed by atoms with Crippen molar-refractivity contribution in [1.29, 1.82) is 0 Å². The molecule has 156 valence electrons. The predicted molar refractivity (Wildman–Crippen MR) is 119 cm³/mol. The lowest BCUT2D eigenvalue weighted by atomic mass is 9.88. The zero-order chi connectivity index (χ0) is 21.3. The van der Waals surface area contributed by atoms with Gasteiger partial charge in [0.15, 0.2) is 0 Å². The van der Waals surface area contributed by atoms with Crippen LogP contribution in [-0.4, -0.2) is 17.7 Å². The predicted octanol–water partition coefficient (Wildman–Crippen LogP) is 4.32. The summed E-state index contributed by atoms with van der Waals surface area (Å²) in [5.74, 6) is -0.691. The van der Waals surface area contributed by atoms with E-state index >= 15 is 0 Å². The Balaban J connectivity index is 1.70. The number of amides is 3. The molecule has 0 radical (unpaired) electrons. The minimum Gasteiger partial charge on any atom is -0.326 e. The van der Waals surface area contributed by atoms with Crippen LogP contribution in [0, 0.1) is 5.92 Å². The van der Waals surface area contributed by atoms with E-state index in [1.807, 2.05) is 30.3 Å². The molecule has 2 aromatic rings. The summed E-state index contributed by atoms with van der Waals surface area (Å²) >= 11 is 0. The maximum atomic E-state index is 12.8. The number of benzene rings is 2. The molecule has 6 nitrogen and oxygen atoms in total. The van der Waals surface area contributed by atoms with Crippen molar-refractivity contribution in [3.05, 3.63) is 65.9 Å². The van der Waals surface area contributed by atoms with Crippen molar-refractivity contribution in [3.63, 3.8) is 0 Å². The molecule has 0 saturated heterocycles. The molecule has 3 N–H and O–H groups in total. The molecular weight excluding hydrogens is 378 g/mol. The summed E-state index contributed by atoms with van der Waals surface area (Å²) in [5, 5.41) is 8.32. The first-order chi connectivity index (χ1) is 14.5. The van der Waals surface area contributed by atoms with Crippen LogP contribution in [0.5, 0.6) is 0 Å². The van der Waals surface area contributed by atoms with E-state index in [1.165, 1.54) is 13.3 Å². The summed E-state index contributed by atoms with van der Waals surface area (Å²) < 4.78 is 0. The Hall–Kier alpha value is -3.41. The summed E-state index contributed by atoms with van der Waals surface area (Å²) in [4.78, 5) is 36.8. The highest BCUT2D eigenvalue weighted by atomic mass is 16.2. The van der Waals surface area contributed by atoms with Crippen LogP contribution in [-0.2, 0) is 14.4 Å². The van der Waals surface area contributed by atoms with Gasteiger partial charge in [0.05, 0.1) is 0 Å². The van der Waals surface area contributed by atoms with E-state index in [9.17, 15) is 14.4 Å². The molecule has 3 amide bonds. The summed E-state index contributed by atoms with van der Waals surface area (Å²) in [6, 6.07) is 16.3. The number of carbonyl (C=O) groups is 3. The number of rotatable bonds is 6. The minimum atomic E-state index is -0.440. The van der Waals surface area contributed by atoms with Gasteiger partial charge >= 0.3 is 0 Å². The Kier molecular flexibility index (Phi) is 7.38. The van der Waals surface area contributed by atoms with Crippen molar-refractivity contribution >= 4 is 35.2 Å². The fraction of sp³-hybridized carbons (Fsp3) is 0.292. The third kappa shape index (κ3) is 6.30. The fourth-order valence-electron chi connectivity index (χ4n) is 3.55. The van der Waals surface area contributed by atoms with E-state index in [2.05, 4.69) is 16.0 Å². The third-order valence-corrected chi connectivity index (χ3v) is 5.03. The first kappa shape index (κ1) is 21.3. The molecule has 1 aliphatic rings. The van der Waals surface area contributed by atoms with Crippen LogP contribution in [0.3, 0.4) is 0 Å². The van der Waals surface area contributed by atoms with Gasteiger partial charge in [0.1, 0.15) is 5.70 Å². The second-order valence-electron chi connectivity index (χ2n) is 7.51. The average Bonchev–Trinajstić information content (AvgIpc) is 2.74. The van der Waals surface area contributed by atoms with Gasteiger partial charge in [0.25, 0.3) is 5.91 Å². The van der Waals surface area contributed by atoms with Crippen LogP contribution in [0.1, 0.15) is 44.6 Å². The normalized spacial score (nSPS) is 14.6. The molecule has 0 bridgehead atoms. The van der Waals surface area contributed by atoms with Gasteiger partial charge < -0.3 is 16.0 Å². The number of carbonyl (C=O) groups excluding carboxylic acids is 3. The SMILES string of the molecule is CC(=O)N/C(=C\c1ccccc1)C(=O)Nc1cccc(NC(=O)C2CCCCC2)c1. The lowest BCUT2D eigenvalue weighted by Crippen LogP contribution is -2.29. The monoisotopic (exact) mass is 405 g/mol. The van der Waals surface area contributed by atoms with Crippen molar-refractivity contribution in [2.45, 2.75) is 39.0 Å². The molecule has 6 heteroatoms. The molecule has 1 saturated carbocycles. The smallest absolute Gasteiger partial charge is 0.272 e. The van der Waals surface area contributed by atoms with Crippen LogP contribution in [0.4, 0.5) is 11.4 Å². The highest BCUT2D eigenvalue weighted by molar-refractivity contribution is 6.08. The Morgan fingerprint density at radius 3 is 2.20 bits per heavy atom. The zero-order valence-corrected chi connectivity index (χ0v) is 17.1. The van der Waals surface area contributed by atoms with Crippen molar-refractivity contribution in [2.24, 2.45) is 5.92 Å². The number of hydrogen-bond donors (Lipinski definition) is 3. The molecular formula is C24H27N3O3. The van der Waals surface area contributed by atoms with Crippen LogP contribution in [0.25, 0.3) is 6.08 Å². The molecule has 1 aliphatic carbocycles. The van der Waals surface area contributed by atoms with Crippen molar-refractivity contribution in [2.75, 3.05) is 10.6 Å². The molecule has 1 fully saturated rings. The van der Waals surface area contributed by atoms with Gasteiger partial charge in [0.2, 0.25) is 11.8 Å². The topological polar surface area (TPSA) is 87.3 Å². The fourth-order valence-corrected chi connectivity index (χ4v) is 3.55. The van der Waals surface area contributed by atoms with E-state index in [1.54, 1.807) is 30.3 Å². The second kappa shape index (κ2) is 10.4. The van der Waals surface area contributed by atoms with E-state index in [0.717, 1.165) is 31.2 Å². The van der Waals surface area contributed by atoms with Gasteiger partial charge in [-0.25, -0.2) is 0 Å². The van der Waals surface area contributed by atoms with E-state index < -0.39 is 5.91 Å². The summed E-state index contributed by atoms with van der Waals surface area (Å²) in [6.07, 6.45) is 6.84. The average molecular weight is 405 g/mol. The number of hydrogen-bond acceptors (Lipinski definition) is 3. The first-order valence-corrected chi connectivity index (χ1v) is 10.3. The van der Waals surface area contributed by atoms with Gasteiger partial charge in [-0.15, -0.1) is 0 Å². The Bertz CT molecular complexity index is 932. The molecule has 0 heterocycles. The molecule has 30 heavy (non-hydrogen) atoms. The molecule has 0 spiro atoms. The minimum absolute atomic E-state index is 0.0288. The Morgan fingerprint density at radius 1 is 0.867 bits per heavy atom. The van der Waals surface area contributed by atoms with E-state index in [-0.39, 0.29) is 23.4 Å². The number of nitrogens with one attached hydrogen (secondary N) is 3. The molecule has 0 unspecified atom stereocenters. The Morgan fingerprint density at radius 2 is 1.53 bits per heavy atom. The van der Waals surface area contributed by atoms with Gasteiger partial charge in [-0.3, -0.25) is 14.4 Å². The summed E-state index contributed by atoms with van der Waals surface area (Å²) in [6.45, 7) is 1.35. The standard InChI is InChI=1S/C24H27N3O3/c1-17(28)25-22(15-18-9-4-2-5-10-18)24(30)27-21-14-8-13-20(16-21)26-23(29)19-11-6-3-7-12-19/h2,4-5,8-10,13-16,19H,3,6-7,11-12H2,1H3,(H,25,28)(H,26,29)(H,27,30)/b22-15-.